The van der Waals surface area contributed by atoms with Crippen LogP contribution in [-0.4, -0.2) is 101 Å². The number of halogens is 4. The van der Waals surface area contributed by atoms with Gasteiger partial charge in [-0.2, -0.15) is 18.7 Å². The van der Waals surface area contributed by atoms with Crippen molar-refractivity contribution in [3.8, 4) is 32.4 Å². The van der Waals surface area contributed by atoms with Crippen molar-refractivity contribution >= 4 is 76.7 Å². The molecular weight excluding hydrogens is 868 g/mol. The summed E-state index contributed by atoms with van der Waals surface area (Å²) in [5.41, 5.74) is -0.339. The Hall–Kier alpha value is -2.77. The fourth-order valence-corrected chi connectivity index (χ4v) is 8.52. The SMILES string of the molecule is Oc1cc(-c2ncc3c(N4CC5CCC(C4)N5)nc(OCC45CCCN4CC(=C(F)F)C5)nc3c2F)c2c(C#[C][Tl])c(F)ccc2c1.P.[SH-]. The molecule has 0 spiro atoms. The van der Waals surface area contributed by atoms with Gasteiger partial charge in [-0.15, -0.1) is 0 Å². The summed E-state index contributed by atoms with van der Waals surface area (Å²) in [5.74, 6) is 1.88. The van der Waals surface area contributed by atoms with E-state index in [9.17, 15) is 13.9 Å². The summed E-state index contributed by atoms with van der Waals surface area (Å²) in [6.07, 6.45) is 3.68. The molecule has 0 saturated carbocycles. The molecule has 6 heterocycles. The fraction of sp³-hybridized carbons (Fsp3) is 0.382. The third-order valence-corrected chi connectivity index (χ3v) is 10.6. The maximum atomic E-state index is 16.9. The van der Waals surface area contributed by atoms with E-state index in [2.05, 4.69) is 29.6 Å². The summed E-state index contributed by atoms with van der Waals surface area (Å²) in [5, 5.41) is 15.4. The summed E-state index contributed by atoms with van der Waals surface area (Å²) in [6, 6.07) is 6.11. The van der Waals surface area contributed by atoms with Crippen molar-refractivity contribution in [2.75, 3.05) is 37.7 Å². The van der Waals surface area contributed by atoms with E-state index in [0.717, 1.165) is 19.3 Å². The molecule has 4 aliphatic heterocycles. The van der Waals surface area contributed by atoms with Gasteiger partial charge in [-0.1, -0.05) is 0 Å². The molecule has 2 bridgehead atoms. The molecule has 49 heavy (non-hydrogen) atoms. The van der Waals surface area contributed by atoms with Gasteiger partial charge in [-0.3, -0.25) is 4.90 Å². The number of pyridine rings is 1. The zero-order valence-electron chi connectivity index (χ0n) is 26.4. The average Bonchev–Trinajstić information content (AvgIpc) is 3.72. The molecule has 4 unspecified atom stereocenters. The molecule has 0 amide bonds. The van der Waals surface area contributed by atoms with Gasteiger partial charge >= 0.3 is 192 Å². The van der Waals surface area contributed by atoms with Crippen LogP contribution >= 0.6 is 9.90 Å². The van der Waals surface area contributed by atoms with Crippen LogP contribution in [0.2, 0.25) is 0 Å². The first-order valence-electron chi connectivity index (χ1n) is 15.7. The van der Waals surface area contributed by atoms with Crippen molar-refractivity contribution in [3.05, 3.63) is 59.3 Å². The smallest absolute Gasteiger partial charge is 0.153 e. The van der Waals surface area contributed by atoms with Crippen LogP contribution in [0, 0.1) is 21.0 Å². The van der Waals surface area contributed by atoms with E-state index < -0.39 is 23.3 Å². The van der Waals surface area contributed by atoms with Crippen LogP contribution in [0.4, 0.5) is 23.4 Å². The Morgan fingerprint density at radius 2 is 1.92 bits per heavy atom. The van der Waals surface area contributed by atoms with E-state index in [1.54, 1.807) is 0 Å². The van der Waals surface area contributed by atoms with Crippen LogP contribution < -0.4 is 15.0 Å². The van der Waals surface area contributed by atoms with Gasteiger partial charge in [0.25, 0.3) is 6.08 Å². The van der Waals surface area contributed by atoms with E-state index in [1.165, 1.54) is 30.5 Å². The Kier molecular flexibility index (Phi) is 10.4. The monoisotopic (exact) mass is 901 g/mol. The largest absolute Gasteiger partial charge is 0.813 e. The van der Waals surface area contributed by atoms with Crippen molar-refractivity contribution in [3.63, 3.8) is 0 Å². The molecule has 4 saturated heterocycles. The molecule has 2 aromatic carbocycles. The third-order valence-electron chi connectivity index (χ3n) is 10.1. The van der Waals surface area contributed by atoms with E-state index >= 15 is 8.78 Å². The van der Waals surface area contributed by atoms with Crippen LogP contribution in [0.5, 0.6) is 11.8 Å². The Balaban J connectivity index is 0.00000208. The van der Waals surface area contributed by atoms with Crippen LogP contribution in [-0.2, 0) is 13.5 Å². The van der Waals surface area contributed by atoms with Gasteiger partial charge in [0, 0.05) is 24.2 Å². The van der Waals surface area contributed by atoms with Crippen LogP contribution in [0.1, 0.15) is 37.7 Å². The van der Waals surface area contributed by atoms with E-state index in [1.807, 2.05) is 4.90 Å². The molecule has 2 aromatic heterocycles. The quantitative estimate of drug-likeness (QED) is 0.0734. The molecule has 0 radical (unpaired) electrons. The van der Waals surface area contributed by atoms with Crippen LogP contribution in [0.15, 0.2) is 42.1 Å². The zero-order chi connectivity index (χ0) is 32.4. The van der Waals surface area contributed by atoms with Gasteiger partial charge in [-0.25, -0.2) is 0 Å². The molecule has 4 atom stereocenters. The maximum absolute atomic E-state index is 16.9. The number of hydrogen-bond donors (Lipinski definition) is 2. The number of aromatic hydroxyl groups is 1. The summed E-state index contributed by atoms with van der Waals surface area (Å²) in [4.78, 5) is 18.0. The van der Waals surface area contributed by atoms with Gasteiger partial charge in [0.15, 0.2) is 0 Å². The number of rotatable bonds is 5. The van der Waals surface area contributed by atoms with Crippen molar-refractivity contribution in [1.29, 1.82) is 0 Å². The number of anilines is 1. The number of aromatic nitrogens is 3. The number of phenols is 1. The predicted molar refractivity (Wildman–Crippen MR) is 189 cm³/mol. The van der Waals surface area contributed by atoms with Gasteiger partial charge < -0.3 is 18.8 Å². The number of thiol groups is 1. The minimum Gasteiger partial charge on any atom is -0.813 e. The molecule has 4 aromatic rings. The number of phenolic OH excluding ortho intramolecular Hbond substituents is 1. The second kappa shape index (κ2) is 14.1. The molecular formula is C34H33F4N6O2PSTl-. The molecule has 15 heteroatoms. The molecule has 4 aliphatic rings. The molecule has 2 N–H and O–H groups in total. The number of piperazine rings is 1. The maximum Gasteiger partial charge on any atom is -0.153 e. The number of nitrogens with one attached hydrogen (secondary N) is 1. The van der Waals surface area contributed by atoms with Crippen molar-refractivity contribution in [1.82, 2.24) is 25.2 Å². The Morgan fingerprint density at radius 3 is 2.65 bits per heavy atom. The Bertz CT molecular complexity index is 2050. The Morgan fingerprint density at radius 1 is 1.14 bits per heavy atom. The molecule has 8 rings (SSSR count). The zero-order valence-corrected chi connectivity index (χ0v) is 33.2. The minimum atomic E-state index is -1.65. The summed E-state index contributed by atoms with van der Waals surface area (Å²) >= 11 is 0.290. The summed E-state index contributed by atoms with van der Waals surface area (Å²) in [7, 11) is 0. The summed E-state index contributed by atoms with van der Waals surface area (Å²) < 4.78 is 68.2. The van der Waals surface area contributed by atoms with Gasteiger partial charge in [-0.05, 0) is 38.6 Å². The molecule has 254 valence electrons. The minimum absolute atomic E-state index is 0. The van der Waals surface area contributed by atoms with Crippen LogP contribution in [0.3, 0.4) is 0 Å². The first-order valence-corrected chi connectivity index (χ1v) is 17.9. The van der Waals surface area contributed by atoms with Gasteiger partial charge in [0.05, 0.1) is 5.54 Å². The number of hydrogen-bond acceptors (Lipinski definition) is 9. The first-order chi connectivity index (χ1) is 22.7. The summed E-state index contributed by atoms with van der Waals surface area (Å²) in [6.45, 7) is 2.30. The van der Waals surface area contributed by atoms with Crippen molar-refractivity contribution in [2.45, 2.75) is 49.7 Å². The average molecular weight is 901 g/mol. The number of benzene rings is 2. The van der Waals surface area contributed by atoms with Gasteiger partial charge in [0.2, 0.25) is 0 Å². The van der Waals surface area contributed by atoms with Crippen molar-refractivity contribution < 1.29 is 27.4 Å². The normalized spacial score (nSPS) is 22.8. The van der Waals surface area contributed by atoms with Gasteiger partial charge in [0.1, 0.15) is 0 Å². The molecule has 4 fully saturated rings. The van der Waals surface area contributed by atoms with E-state index in [-0.39, 0.29) is 94.7 Å². The number of nitrogens with zero attached hydrogens (tertiary/aromatic N) is 5. The third kappa shape index (κ3) is 6.37. The predicted octanol–water partition coefficient (Wildman–Crippen LogP) is 4.80. The fourth-order valence-electron chi connectivity index (χ4n) is 7.96. The van der Waals surface area contributed by atoms with E-state index in [4.69, 9.17) is 9.72 Å². The second-order valence-corrected chi connectivity index (χ2v) is 14.0. The van der Waals surface area contributed by atoms with Crippen LogP contribution in [0.25, 0.3) is 32.9 Å². The first kappa shape index (κ1) is 36.0. The number of fused-ring (bicyclic) bond motifs is 5. The van der Waals surface area contributed by atoms with Crippen molar-refractivity contribution in [2.24, 2.45) is 0 Å². The van der Waals surface area contributed by atoms with E-state index in [0.29, 0.717) is 73.8 Å². The number of ether oxygens (including phenoxy) is 1. The molecule has 0 aliphatic carbocycles. The molecule has 8 nitrogen and oxygen atoms in total. The second-order valence-electron chi connectivity index (χ2n) is 12.9. The topological polar surface area (TPSA) is 86.6 Å². The Labute approximate surface area is 306 Å². The standard InChI is InChI=1S/C34H29F4N6O2.H3P.H2S.Tl/c1-2-23-26(35)7-4-18-10-22(45)11-24(27(18)23)29-28(36)30-25(13-39-29)32(43-15-20-5-6-21(16-43)40-20)42-33(41-30)46-17-34-8-3-9-44(34)14-19(12-34)31(37)38;;;/h4,7,10-11,13,20-21,40,45H,3,5-6,8-9,12,14-17H2;1H3;1H2;/p-1.